The average molecular weight is 292 g/mol. The van der Waals surface area contributed by atoms with Gasteiger partial charge in [-0.05, 0) is 24.1 Å². The SMILES string of the molecule is CCCCCCCCC(=O)Oc1ccc(COC=O)cc1. The summed E-state index contributed by atoms with van der Waals surface area (Å²) in [5.41, 5.74) is 0.859. The van der Waals surface area contributed by atoms with Crippen LogP contribution in [0.5, 0.6) is 5.75 Å². The molecule has 21 heavy (non-hydrogen) atoms. The van der Waals surface area contributed by atoms with Crippen LogP contribution in [-0.4, -0.2) is 12.4 Å². The van der Waals surface area contributed by atoms with E-state index in [0.29, 0.717) is 18.6 Å². The van der Waals surface area contributed by atoms with Gasteiger partial charge in [0.1, 0.15) is 12.4 Å². The number of hydrogen-bond donors (Lipinski definition) is 0. The average Bonchev–Trinajstić information content (AvgIpc) is 2.50. The van der Waals surface area contributed by atoms with Crippen molar-refractivity contribution in [1.29, 1.82) is 0 Å². The normalized spacial score (nSPS) is 10.1. The van der Waals surface area contributed by atoms with Gasteiger partial charge < -0.3 is 9.47 Å². The van der Waals surface area contributed by atoms with Crippen molar-refractivity contribution in [3.8, 4) is 5.75 Å². The van der Waals surface area contributed by atoms with Crippen LogP contribution in [0.1, 0.15) is 57.4 Å². The highest BCUT2D eigenvalue weighted by molar-refractivity contribution is 5.72. The minimum atomic E-state index is -0.192. The van der Waals surface area contributed by atoms with E-state index < -0.39 is 0 Å². The summed E-state index contributed by atoms with van der Waals surface area (Å²) in [5.74, 6) is 0.336. The van der Waals surface area contributed by atoms with Crippen molar-refractivity contribution in [3.63, 3.8) is 0 Å². The minimum absolute atomic E-state index is 0.192. The first-order valence-corrected chi connectivity index (χ1v) is 7.61. The summed E-state index contributed by atoms with van der Waals surface area (Å²) in [7, 11) is 0. The van der Waals surface area contributed by atoms with Crippen LogP contribution in [0, 0.1) is 0 Å². The van der Waals surface area contributed by atoms with Crippen molar-refractivity contribution < 1.29 is 19.1 Å². The van der Waals surface area contributed by atoms with Crippen LogP contribution in [-0.2, 0) is 20.9 Å². The summed E-state index contributed by atoms with van der Waals surface area (Å²) in [6.45, 7) is 2.83. The molecule has 0 aliphatic carbocycles. The smallest absolute Gasteiger partial charge is 0.311 e. The zero-order valence-electron chi connectivity index (χ0n) is 12.7. The first-order valence-electron chi connectivity index (χ1n) is 7.61. The fourth-order valence-corrected chi connectivity index (χ4v) is 2.02. The Morgan fingerprint density at radius 1 is 1.05 bits per heavy atom. The predicted octanol–water partition coefficient (Wildman–Crippen LogP) is 4.02. The van der Waals surface area contributed by atoms with Crippen LogP contribution in [0.25, 0.3) is 0 Å². The largest absolute Gasteiger partial charge is 0.463 e. The lowest BCUT2D eigenvalue weighted by atomic mass is 10.1. The van der Waals surface area contributed by atoms with Crippen molar-refractivity contribution in [1.82, 2.24) is 0 Å². The zero-order valence-corrected chi connectivity index (χ0v) is 12.7. The number of unbranched alkanes of at least 4 members (excludes halogenated alkanes) is 5. The van der Waals surface area contributed by atoms with E-state index in [0.717, 1.165) is 18.4 Å². The van der Waals surface area contributed by atoms with E-state index in [-0.39, 0.29) is 12.6 Å². The Hall–Kier alpha value is -1.84. The molecule has 1 aromatic carbocycles. The van der Waals surface area contributed by atoms with Gasteiger partial charge in [-0.2, -0.15) is 0 Å². The molecule has 1 aromatic rings. The Morgan fingerprint density at radius 3 is 2.38 bits per heavy atom. The van der Waals surface area contributed by atoms with Crippen LogP contribution < -0.4 is 4.74 Å². The topological polar surface area (TPSA) is 52.6 Å². The van der Waals surface area contributed by atoms with E-state index in [4.69, 9.17) is 4.74 Å². The van der Waals surface area contributed by atoms with Gasteiger partial charge in [-0.25, -0.2) is 0 Å². The maximum atomic E-state index is 11.7. The van der Waals surface area contributed by atoms with E-state index in [1.54, 1.807) is 24.3 Å². The second kappa shape index (κ2) is 10.9. The summed E-state index contributed by atoms with van der Waals surface area (Å²) in [6, 6.07) is 6.97. The van der Waals surface area contributed by atoms with Crippen LogP contribution in [0.4, 0.5) is 0 Å². The van der Waals surface area contributed by atoms with Gasteiger partial charge in [0, 0.05) is 6.42 Å². The van der Waals surface area contributed by atoms with Crippen molar-refractivity contribution >= 4 is 12.4 Å². The molecule has 4 heteroatoms. The molecular weight excluding hydrogens is 268 g/mol. The fraction of sp³-hybridized carbons (Fsp3) is 0.529. The van der Waals surface area contributed by atoms with E-state index in [2.05, 4.69) is 11.7 Å². The monoisotopic (exact) mass is 292 g/mol. The molecule has 0 unspecified atom stereocenters. The molecule has 0 atom stereocenters. The Kier molecular flexibility index (Phi) is 8.93. The molecule has 0 bridgehead atoms. The third kappa shape index (κ3) is 8.12. The number of hydrogen-bond acceptors (Lipinski definition) is 4. The maximum absolute atomic E-state index is 11.7. The van der Waals surface area contributed by atoms with Gasteiger partial charge in [0.05, 0.1) is 0 Å². The van der Waals surface area contributed by atoms with E-state index >= 15 is 0 Å². The van der Waals surface area contributed by atoms with Gasteiger partial charge in [0.25, 0.3) is 6.47 Å². The standard InChI is InChI=1S/C17H24O4/c1-2-3-4-5-6-7-8-17(19)21-16-11-9-15(10-12-16)13-20-14-18/h9-12,14H,2-8,13H2,1H3. The summed E-state index contributed by atoms with van der Waals surface area (Å²) < 4.78 is 9.90. The van der Waals surface area contributed by atoms with Gasteiger partial charge in [0.15, 0.2) is 0 Å². The van der Waals surface area contributed by atoms with Crippen LogP contribution in [0.3, 0.4) is 0 Å². The van der Waals surface area contributed by atoms with Crippen LogP contribution in [0.2, 0.25) is 0 Å². The molecule has 0 radical (unpaired) electrons. The molecule has 0 amide bonds. The van der Waals surface area contributed by atoms with Gasteiger partial charge in [-0.3, -0.25) is 9.59 Å². The second-order valence-corrected chi connectivity index (χ2v) is 5.04. The van der Waals surface area contributed by atoms with Crippen molar-refractivity contribution in [2.45, 2.75) is 58.5 Å². The summed E-state index contributed by atoms with van der Waals surface area (Å²) in [4.78, 5) is 21.7. The second-order valence-electron chi connectivity index (χ2n) is 5.04. The van der Waals surface area contributed by atoms with Crippen LogP contribution in [0.15, 0.2) is 24.3 Å². The highest BCUT2D eigenvalue weighted by Gasteiger charge is 2.05. The number of esters is 1. The molecule has 0 aromatic heterocycles. The van der Waals surface area contributed by atoms with E-state index in [1.807, 2.05) is 0 Å². The Balaban J connectivity index is 2.20. The van der Waals surface area contributed by atoms with E-state index in [1.165, 1.54) is 25.7 Å². The van der Waals surface area contributed by atoms with Gasteiger partial charge in [-0.1, -0.05) is 51.2 Å². The third-order valence-electron chi connectivity index (χ3n) is 3.21. The minimum Gasteiger partial charge on any atom is -0.463 e. The van der Waals surface area contributed by atoms with Crippen molar-refractivity contribution in [3.05, 3.63) is 29.8 Å². The molecule has 0 N–H and O–H groups in total. The van der Waals surface area contributed by atoms with Crippen molar-refractivity contribution in [2.75, 3.05) is 0 Å². The quantitative estimate of drug-likeness (QED) is 0.267. The number of carbonyl (C=O) groups excluding carboxylic acids is 2. The summed E-state index contributed by atoms with van der Waals surface area (Å²) >= 11 is 0. The van der Waals surface area contributed by atoms with Gasteiger partial charge in [0.2, 0.25) is 0 Å². The molecule has 0 heterocycles. The summed E-state index contributed by atoms with van der Waals surface area (Å²) in [6.07, 6.45) is 7.36. The Labute approximate surface area is 126 Å². The summed E-state index contributed by atoms with van der Waals surface area (Å²) in [5, 5.41) is 0. The first kappa shape index (κ1) is 17.2. The van der Waals surface area contributed by atoms with Crippen molar-refractivity contribution in [2.24, 2.45) is 0 Å². The fourth-order valence-electron chi connectivity index (χ4n) is 2.02. The lowest BCUT2D eigenvalue weighted by molar-refractivity contribution is -0.134. The van der Waals surface area contributed by atoms with E-state index in [9.17, 15) is 9.59 Å². The third-order valence-corrected chi connectivity index (χ3v) is 3.21. The molecule has 0 saturated carbocycles. The molecule has 0 fully saturated rings. The number of carbonyl (C=O) groups is 2. The zero-order chi connectivity index (χ0) is 15.3. The maximum Gasteiger partial charge on any atom is 0.311 e. The number of ether oxygens (including phenoxy) is 2. The molecule has 0 aliphatic heterocycles. The molecule has 4 nitrogen and oxygen atoms in total. The molecule has 0 saturated heterocycles. The molecule has 116 valence electrons. The van der Waals surface area contributed by atoms with Gasteiger partial charge >= 0.3 is 5.97 Å². The Morgan fingerprint density at radius 2 is 1.71 bits per heavy atom. The predicted molar refractivity (Wildman–Crippen MR) is 80.9 cm³/mol. The molecule has 0 spiro atoms. The Bertz CT molecular complexity index is 411. The molecule has 1 rings (SSSR count). The highest BCUT2D eigenvalue weighted by Crippen LogP contribution is 2.14. The number of benzene rings is 1. The molecular formula is C17H24O4. The lowest BCUT2D eigenvalue weighted by Gasteiger charge is -2.05. The van der Waals surface area contributed by atoms with Gasteiger partial charge in [-0.15, -0.1) is 0 Å². The highest BCUT2D eigenvalue weighted by atomic mass is 16.5. The van der Waals surface area contributed by atoms with Crippen LogP contribution >= 0.6 is 0 Å². The molecule has 0 aliphatic rings. The lowest BCUT2D eigenvalue weighted by Crippen LogP contribution is -2.07. The first-order chi connectivity index (χ1) is 10.3. The number of rotatable bonds is 11.